The Bertz CT molecular complexity index is 548. The summed E-state index contributed by atoms with van der Waals surface area (Å²) >= 11 is 0. The average molecular weight is 694 g/mol. The van der Waals surface area contributed by atoms with E-state index in [-0.39, 0.29) is 105 Å². The van der Waals surface area contributed by atoms with Crippen molar-refractivity contribution < 1.29 is 53.3 Å². The zero-order valence-corrected chi connectivity index (χ0v) is 28.2. The molecule has 4 saturated carbocycles. The fourth-order valence-corrected chi connectivity index (χ4v) is 5.16. The van der Waals surface area contributed by atoms with Crippen LogP contribution in [0.4, 0.5) is 0 Å². The van der Waals surface area contributed by atoms with Crippen LogP contribution in [0.5, 0.6) is 0 Å². The van der Waals surface area contributed by atoms with E-state index in [9.17, 15) is 9.59 Å². The summed E-state index contributed by atoms with van der Waals surface area (Å²) in [5, 5.41) is 0. The minimum absolute atomic E-state index is 0. The molecule has 1 atom stereocenters. The molecular weight excluding hydrogens is 636 g/mol. The predicted molar refractivity (Wildman–Crippen MR) is 151 cm³/mol. The summed E-state index contributed by atoms with van der Waals surface area (Å²) in [6.45, 7) is 9.13. The molecule has 0 N–H and O–H groups in total. The third kappa shape index (κ3) is 19.6. The number of ketones is 1. The largest absolute Gasteiger partial charge is 2.00 e. The summed E-state index contributed by atoms with van der Waals surface area (Å²) in [6.07, 6.45) is 23.3. The van der Waals surface area contributed by atoms with Crippen LogP contribution >= 0.6 is 0 Å². The van der Waals surface area contributed by atoms with E-state index in [1.807, 2.05) is 0 Å². The Kier molecular flexibility index (Phi) is 34.6. The molecule has 4 fully saturated rings. The topological polar surface area (TPSA) is 47.7 Å². The Morgan fingerprint density at radius 2 is 1.00 bits per heavy atom. The molecule has 0 aromatic carbocycles. The number of hydrogen-bond acceptors (Lipinski definition) is 3. The van der Waals surface area contributed by atoms with Crippen LogP contribution in [0.2, 0.25) is 0 Å². The van der Waals surface area contributed by atoms with Gasteiger partial charge in [0.1, 0.15) is 5.78 Å². The number of nitrogens with zero attached hydrogens (tertiary/aromatic N) is 1. The third-order valence-corrected chi connectivity index (χ3v) is 7.35. The monoisotopic (exact) mass is 695 g/mol. The normalized spacial score (nSPS) is 19.4. The van der Waals surface area contributed by atoms with Crippen LogP contribution in [0.3, 0.4) is 0 Å². The second-order valence-electron chi connectivity index (χ2n) is 10.4. The SMILES string of the molecule is C1CCCC1.C1CCCC1.[C-]#[N+]C(C)(COC(=O)C1CCCC1)CC(=O)C1CCCC1.[CH3-].[CH3-].[CH3-].[CH3-].[Ru+2].[Ru+2]. The first-order valence-electron chi connectivity index (χ1n) is 13.1. The van der Waals surface area contributed by atoms with Gasteiger partial charge in [-0.1, -0.05) is 89.9 Å². The van der Waals surface area contributed by atoms with Crippen molar-refractivity contribution in [3.05, 3.63) is 41.1 Å². The van der Waals surface area contributed by atoms with Gasteiger partial charge in [-0.05, 0) is 25.7 Å². The molecule has 220 valence electrons. The van der Waals surface area contributed by atoms with Crippen molar-refractivity contribution in [2.24, 2.45) is 11.8 Å². The van der Waals surface area contributed by atoms with Crippen LogP contribution in [-0.2, 0) is 53.3 Å². The van der Waals surface area contributed by atoms with Crippen molar-refractivity contribution in [1.82, 2.24) is 0 Å². The summed E-state index contributed by atoms with van der Waals surface area (Å²) in [7, 11) is 0. The van der Waals surface area contributed by atoms with Crippen LogP contribution in [0.25, 0.3) is 4.85 Å². The van der Waals surface area contributed by atoms with Crippen molar-refractivity contribution in [2.45, 2.75) is 134 Å². The molecule has 0 aromatic heterocycles. The zero-order valence-electron chi connectivity index (χ0n) is 24.7. The molecule has 0 amide bonds. The molecule has 0 saturated heterocycles. The Morgan fingerprint density at radius 3 is 1.32 bits per heavy atom. The predicted octanol–water partition coefficient (Wildman–Crippen LogP) is 9.24. The first-order valence-corrected chi connectivity index (χ1v) is 13.1. The number of esters is 1. The van der Waals surface area contributed by atoms with E-state index in [0.29, 0.717) is 0 Å². The van der Waals surface area contributed by atoms with Gasteiger partial charge in [-0.3, -0.25) is 9.59 Å². The Balaban J connectivity index is -0.000000180. The van der Waals surface area contributed by atoms with Crippen LogP contribution in [0.15, 0.2) is 0 Å². The van der Waals surface area contributed by atoms with Crippen LogP contribution in [0.1, 0.15) is 129 Å². The Labute approximate surface area is 258 Å². The van der Waals surface area contributed by atoms with Gasteiger partial charge >= 0.3 is 44.9 Å². The van der Waals surface area contributed by atoms with E-state index >= 15 is 0 Å². The van der Waals surface area contributed by atoms with Crippen molar-refractivity contribution >= 4 is 11.8 Å². The smallest absolute Gasteiger partial charge is 0.457 e. The summed E-state index contributed by atoms with van der Waals surface area (Å²) in [5.41, 5.74) is -0.895. The average Bonchev–Trinajstić information content (AvgIpc) is 3.61. The third-order valence-electron chi connectivity index (χ3n) is 7.35. The van der Waals surface area contributed by atoms with E-state index in [0.717, 1.165) is 51.4 Å². The van der Waals surface area contributed by atoms with Crippen molar-refractivity contribution in [3.8, 4) is 0 Å². The number of ether oxygens (including phenoxy) is 1. The first-order chi connectivity index (χ1) is 15.0. The second kappa shape index (κ2) is 27.4. The van der Waals surface area contributed by atoms with E-state index in [4.69, 9.17) is 11.3 Å². The quantitative estimate of drug-likeness (QED) is 0.158. The molecule has 0 heterocycles. The van der Waals surface area contributed by atoms with Crippen molar-refractivity contribution in [1.29, 1.82) is 0 Å². The second-order valence-corrected chi connectivity index (χ2v) is 10.4. The summed E-state index contributed by atoms with van der Waals surface area (Å²) < 4.78 is 5.34. The van der Waals surface area contributed by atoms with Crippen LogP contribution in [0, 0.1) is 48.1 Å². The van der Waals surface area contributed by atoms with Gasteiger partial charge in [0.15, 0.2) is 6.61 Å². The van der Waals surface area contributed by atoms with Gasteiger partial charge in [-0.15, -0.1) is 0 Å². The number of Topliss-reactive ketones (excluding diaryl/α,β-unsaturated/α-hetero) is 1. The van der Waals surface area contributed by atoms with Gasteiger partial charge in [-0.2, -0.15) is 0 Å². The Hall–Kier alpha value is -0.123. The summed E-state index contributed by atoms with van der Waals surface area (Å²) in [6, 6.07) is 0. The minimum Gasteiger partial charge on any atom is -0.457 e. The van der Waals surface area contributed by atoms with E-state index in [1.165, 1.54) is 64.2 Å². The molecule has 4 aliphatic carbocycles. The molecule has 0 aliphatic heterocycles. The molecule has 4 nitrogen and oxygen atoms in total. The maximum atomic E-state index is 12.2. The number of rotatable bonds is 6. The molecule has 6 heteroatoms. The van der Waals surface area contributed by atoms with Gasteiger partial charge in [0.05, 0.1) is 12.3 Å². The molecule has 0 spiro atoms. The molecule has 4 aliphatic rings. The molecule has 0 radical (unpaired) electrons. The van der Waals surface area contributed by atoms with Gasteiger partial charge in [0.2, 0.25) is 0 Å². The fourth-order valence-electron chi connectivity index (χ4n) is 5.16. The van der Waals surface area contributed by atoms with E-state index in [1.54, 1.807) is 6.92 Å². The van der Waals surface area contributed by atoms with Crippen molar-refractivity contribution in [2.75, 3.05) is 6.61 Å². The molecule has 0 aromatic rings. The summed E-state index contributed by atoms with van der Waals surface area (Å²) in [4.78, 5) is 27.8. The number of carbonyl (C=O) groups is 2. The van der Waals surface area contributed by atoms with Crippen molar-refractivity contribution in [3.63, 3.8) is 0 Å². The maximum absolute atomic E-state index is 12.2. The van der Waals surface area contributed by atoms with Crippen LogP contribution < -0.4 is 0 Å². The van der Waals surface area contributed by atoms with E-state index < -0.39 is 5.54 Å². The fraction of sp³-hybridized carbons (Fsp3) is 0.774. The molecule has 0 bridgehead atoms. The first kappa shape index (κ1) is 46.7. The Morgan fingerprint density at radius 1 is 0.676 bits per heavy atom. The number of hydrogen-bond donors (Lipinski definition) is 0. The van der Waals surface area contributed by atoms with Crippen LogP contribution in [-0.4, -0.2) is 23.9 Å². The molecule has 37 heavy (non-hydrogen) atoms. The maximum Gasteiger partial charge on any atom is 2.00 e. The van der Waals surface area contributed by atoms with Gasteiger partial charge in [0, 0.05) is 12.8 Å². The van der Waals surface area contributed by atoms with Gasteiger partial charge in [0.25, 0.3) is 5.54 Å². The van der Waals surface area contributed by atoms with Gasteiger partial charge in [-0.25, -0.2) is 6.57 Å². The zero-order chi connectivity index (χ0) is 22.4. The molecule has 1 unspecified atom stereocenters. The van der Waals surface area contributed by atoms with Gasteiger partial charge < -0.3 is 39.3 Å². The van der Waals surface area contributed by atoms with E-state index in [2.05, 4.69) is 4.85 Å². The molecule has 4 rings (SSSR count). The summed E-state index contributed by atoms with van der Waals surface area (Å²) in [5.74, 6) is 0.112. The number of carbonyl (C=O) groups excluding carboxylic acids is 2. The standard InChI is InChI=1S/C17H25NO3.2C5H10.4CH3.2Ru/c1-17(18-2,11-15(19)13-7-3-4-8-13)12-21-16(20)14-9-5-6-10-14;2*1-2-4-5-3-1;;;;;;/h13-14H,3-12H2,1H3;2*1-5H2;4*1H3;;/q;;;4*-1;2*+2. The molecular formula is C31H57NO3Ru2. The minimum atomic E-state index is -0.895.